The molecule has 0 aromatic heterocycles. The van der Waals surface area contributed by atoms with Crippen LogP contribution in [0.3, 0.4) is 0 Å². The van der Waals surface area contributed by atoms with E-state index < -0.39 is 39.1 Å². The van der Waals surface area contributed by atoms with E-state index in [0.717, 1.165) is 38.5 Å². The molecule has 0 spiro atoms. The first-order valence-corrected chi connectivity index (χ1v) is 14.0. The van der Waals surface area contributed by atoms with E-state index in [1.54, 1.807) is 0 Å². The number of carbonyl (C=O) groups is 2. The van der Waals surface area contributed by atoms with E-state index in [-0.39, 0.29) is 18.8 Å². The van der Waals surface area contributed by atoms with Crippen LogP contribution >= 0.6 is 0 Å². The van der Waals surface area contributed by atoms with Crippen LogP contribution in [0.2, 0.25) is 0 Å². The Morgan fingerprint density at radius 2 is 1.25 bits per heavy atom. The summed E-state index contributed by atoms with van der Waals surface area (Å²) < 4.78 is 31.9. The fourth-order valence-corrected chi connectivity index (χ4v) is 5.71. The number of carboxylic acids is 2. The highest BCUT2D eigenvalue weighted by Crippen LogP contribution is 2.38. The lowest BCUT2D eigenvalue weighted by atomic mass is 9.78. The van der Waals surface area contributed by atoms with Gasteiger partial charge in [-0.15, -0.1) is 0 Å². The van der Waals surface area contributed by atoms with Gasteiger partial charge in [0.05, 0.1) is 5.92 Å². The van der Waals surface area contributed by atoms with E-state index in [1.807, 2.05) is 13.8 Å². The summed E-state index contributed by atoms with van der Waals surface area (Å²) in [6.45, 7) is 6.07. The second kappa shape index (κ2) is 16.5. The maximum absolute atomic E-state index is 12.3. The van der Waals surface area contributed by atoms with Gasteiger partial charge in [-0.25, -0.2) is 0 Å². The molecule has 8 heteroatoms. The molecule has 0 saturated heterocycles. The van der Waals surface area contributed by atoms with Crippen molar-refractivity contribution in [3.8, 4) is 0 Å². The van der Waals surface area contributed by atoms with E-state index in [4.69, 9.17) is 0 Å². The maximum atomic E-state index is 12.3. The highest BCUT2D eigenvalue weighted by atomic mass is 32.2. The molecular formula is C24H46O7S. The zero-order chi connectivity index (χ0) is 24.6. The minimum Gasteiger partial charge on any atom is -0.481 e. The molecule has 0 aromatic carbocycles. The quantitative estimate of drug-likeness (QED) is 0.130. The third-order valence-electron chi connectivity index (χ3n) is 6.70. The average molecular weight is 479 g/mol. The summed E-state index contributed by atoms with van der Waals surface area (Å²) in [5.74, 6) is -5.04. The lowest BCUT2D eigenvalue weighted by Gasteiger charge is -2.34. The molecule has 7 nitrogen and oxygen atoms in total. The molecule has 32 heavy (non-hydrogen) atoms. The van der Waals surface area contributed by atoms with Gasteiger partial charge in [0.15, 0.2) is 0 Å². The molecule has 0 fully saturated rings. The number of hydrogen-bond acceptors (Lipinski definition) is 4. The molecule has 0 radical (unpaired) electrons. The number of hydrogen-bond donors (Lipinski definition) is 3. The van der Waals surface area contributed by atoms with Crippen LogP contribution in [0.25, 0.3) is 0 Å². The monoisotopic (exact) mass is 478 g/mol. The summed E-state index contributed by atoms with van der Waals surface area (Å²) in [6.07, 6.45) is 12.4. The Kier molecular flexibility index (Phi) is 15.9. The first-order valence-electron chi connectivity index (χ1n) is 12.5. The Bertz CT molecular complexity index is 632. The third kappa shape index (κ3) is 10.2. The molecule has 0 rings (SSSR count). The van der Waals surface area contributed by atoms with Gasteiger partial charge in [-0.05, 0) is 18.8 Å². The van der Waals surface area contributed by atoms with E-state index in [2.05, 4.69) is 6.92 Å². The van der Waals surface area contributed by atoms with E-state index in [0.29, 0.717) is 19.3 Å². The molecule has 0 saturated carbocycles. The summed E-state index contributed by atoms with van der Waals surface area (Å²) >= 11 is 0. The van der Waals surface area contributed by atoms with Crippen LogP contribution in [-0.2, 0) is 19.7 Å². The Morgan fingerprint density at radius 3 is 1.62 bits per heavy atom. The zero-order valence-corrected chi connectivity index (χ0v) is 21.2. The maximum Gasteiger partial charge on any atom is 0.328 e. The van der Waals surface area contributed by atoms with Gasteiger partial charge in [0.25, 0.3) is 10.1 Å². The third-order valence-corrected chi connectivity index (χ3v) is 8.28. The average Bonchev–Trinajstić information content (AvgIpc) is 2.71. The minimum absolute atomic E-state index is 0.0737. The molecule has 0 heterocycles. The second-order valence-electron chi connectivity index (χ2n) is 9.14. The smallest absolute Gasteiger partial charge is 0.328 e. The SMILES string of the molecule is CCCCCCCCCCCCC(C(=O)O)(C(CC(CC)CCCC)C(=O)O)S(=O)(=O)O. The summed E-state index contributed by atoms with van der Waals surface area (Å²) in [5, 5.41) is 19.7. The topological polar surface area (TPSA) is 129 Å². The Balaban J connectivity index is 5.21. The number of rotatable bonds is 21. The molecular weight excluding hydrogens is 432 g/mol. The Morgan fingerprint density at radius 1 is 0.781 bits per heavy atom. The van der Waals surface area contributed by atoms with Crippen molar-refractivity contribution in [2.24, 2.45) is 11.8 Å². The molecule has 0 aliphatic heterocycles. The Labute approximate surface area is 195 Å². The van der Waals surface area contributed by atoms with Crippen molar-refractivity contribution in [2.45, 2.75) is 128 Å². The van der Waals surface area contributed by atoms with Crippen LogP contribution in [0.1, 0.15) is 124 Å². The van der Waals surface area contributed by atoms with Crippen molar-refractivity contribution in [3.63, 3.8) is 0 Å². The largest absolute Gasteiger partial charge is 0.481 e. The molecule has 3 N–H and O–H groups in total. The van der Waals surface area contributed by atoms with Gasteiger partial charge < -0.3 is 10.2 Å². The first-order chi connectivity index (χ1) is 15.1. The lowest BCUT2D eigenvalue weighted by Crippen LogP contribution is -2.55. The van der Waals surface area contributed by atoms with Crippen LogP contribution in [0.15, 0.2) is 0 Å². The lowest BCUT2D eigenvalue weighted by molar-refractivity contribution is -0.153. The van der Waals surface area contributed by atoms with Gasteiger partial charge in [-0.1, -0.05) is 111 Å². The van der Waals surface area contributed by atoms with Gasteiger partial charge in [0.1, 0.15) is 0 Å². The zero-order valence-electron chi connectivity index (χ0n) is 20.4. The van der Waals surface area contributed by atoms with Crippen LogP contribution in [-0.4, -0.2) is 39.9 Å². The van der Waals surface area contributed by atoms with Crippen molar-refractivity contribution in [3.05, 3.63) is 0 Å². The number of aliphatic carboxylic acids is 2. The molecule has 0 aromatic rings. The summed E-state index contributed by atoms with van der Waals surface area (Å²) in [7, 11) is -5.14. The standard InChI is InChI=1S/C24H46O7S/c1-4-7-9-10-11-12-13-14-15-16-18-24(23(27)28,32(29,30)31)21(22(25)26)19-20(6-3)17-8-5-2/h20-21H,4-19H2,1-3H3,(H,25,26)(H,27,28)(H,29,30,31). The molecule has 0 aliphatic rings. The molecule has 0 aliphatic carbocycles. The predicted molar refractivity (Wildman–Crippen MR) is 127 cm³/mol. The minimum atomic E-state index is -5.14. The molecule has 3 atom stereocenters. The Hall–Kier alpha value is -1.15. The van der Waals surface area contributed by atoms with Crippen molar-refractivity contribution < 1.29 is 32.8 Å². The fourth-order valence-electron chi connectivity index (χ4n) is 4.53. The van der Waals surface area contributed by atoms with Gasteiger partial charge >= 0.3 is 11.9 Å². The van der Waals surface area contributed by atoms with Crippen LogP contribution in [0, 0.1) is 11.8 Å². The van der Waals surface area contributed by atoms with Gasteiger partial charge in [-0.3, -0.25) is 14.1 Å². The molecule has 0 bridgehead atoms. The van der Waals surface area contributed by atoms with Gasteiger partial charge in [0, 0.05) is 0 Å². The van der Waals surface area contributed by atoms with E-state index >= 15 is 0 Å². The van der Waals surface area contributed by atoms with E-state index in [9.17, 15) is 32.8 Å². The summed E-state index contributed by atoms with van der Waals surface area (Å²) in [5.41, 5.74) is 0. The molecule has 190 valence electrons. The number of unbranched alkanes of at least 4 members (excludes halogenated alkanes) is 10. The van der Waals surface area contributed by atoms with Crippen LogP contribution < -0.4 is 0 Å². The first kappa shape index (κ1) is 30.9. The fraction of sp³-hybridized carbons (Fsp3) is 0.917. The second-order valence-corrected chi connectivity index (χ2v) is 10.8. The highest BCUT2D eigenvalue weighted by Gasteiger charge is 2.59. The van der Waals surface area contributed by atoms with Crippen molar-refractivity contribution in [2.75, 3.05) is 0 Å². The normalized spacial score (nSPS) is 15.8. The van der Waals surface area contributed by atoms with Crippen LogP contribution in [0.5, 0.6) is 0 Å². The van der Waals surface area contributed by atoms with Gasteiger partial charge in [0.2, 0.25) is 4.75 Å². The summed E-state index contributed by atoms with van der Waals surface area (Å²) in [6, 6.07) is 0. The van der Waals surface area contributed by atoms with Crippen molar-refractivity contribution in [1.29, 1.82) is 0 Å². The van der Waals surface area contributed by atoms with Crippen molar-refractivity contribution >= 4 is 22.1 Å². The molecule has 3 unspecified atom stereocenters. The number of carboxylic acid groups (broad SMARTS) is 2. The molecule has 0 amide bonds. The highest BCUT2D eigenvalue weighted by molar-refractivity contribution is 7.88. The summed E-state index contributed by atoms with van der Waals surface area (Å²) in [4.78, 5) is 24.3. The van der Waals surface area contributed by atoms with E-state index in [1.165, 1.54) is 25.7 Å². The van der Waals surface area contributed by atoms with Gasteiger partial charge in [-0.2, -0.15) is 8.42 Å². The van der Waals surface area contributed by atoms with Crippen molar-refractivity contribution in [1.82, 2.24) is 0 Å². The van der Waals surface area contributed by atoms with Crippen LogP contribution in [0.4, 0.5) is 0 Å². The predicted octanol–water partition coefficient (Wildman–Crippen LogP) is 6.32.